The Bertz CT molecular complexity index is 792. The van der Waals surface area contributed by atoms with Crippen molar-refractivity contribution in [1.29, 1.82) is 0 Å². The molecule has 3 aromatic rings. The molecule has 126 valence electrons. The number of likely N-dealkylation sites (N-methyl/N-ethyl adjacent to an activating group) is 1. The van der Waals surface area contributed by atoms with Gasteiger partial charge in [-0.2, -0.15) is 0 Å². The first-order chi connectivity index (χ1) is 10.7. The predicted octanol–water partition coefficient (Wildman–Crippen LogP) is 4.33. The molecule has 0 unspecified atom stereocenters. The number of methoxy groups -OCH3 is 1. The lowest BCUT2D eigenvalue weighted by Gasteiger charge is -2.18. The van der Waals surface area contributed by atoms with Gasteiger partial charge in [0.15, 0.2) is 0 Å². The van der Waals surface area contributed by atoms with Crippen molar-refractivity contribution in [2.75, 3.05) is 26.7 Å². The van der Waals surface area contributed by atoms with Gasteiger partial charge < -0.3 is 14.2 Å². The summed E-state index contributed by atoms with van der Waals surface area (Å²) in [5.74, 6) is 0.890. The number of hydrogen-bond acceptors (Lipinski definition) is 4. The van der Waals surface area contributed by atoms with E-state index in [1.165, 1.54) is 15.7 Å². The van der Waals surface area contributed by atoms with E-state index in [0.29, 0.717) is 0 Å². The van der Waals surface area contributed by atoms with E-state index < -0.39 is 0 Å². The quantitative estimate of drug-likeness (QED) is 0.660. The van der Waals surface area contributed by atoms with Crippen LogP contribution in [-0.2, 0) is 6.54 Å². The van der Waals surface area contributed by atoms with Gasteiger partial charge in [0, 0.05) is 18.5 Å². The summed E-state index contributed by atoms with van der Waals surface area (Å²) in [7, 11) is 1.71. The Morgan fingerprint density at radius 3 is 2.65 bits per heavy atom. The zero-order valence-electron chi connectivity index (χ0n) is 14.1. The lowest BCUT2D eigenvalue weighted by molar-refractivity contribution is 0.293. The van der Waals surface area contributed by atoms with E-state index in [1.54, 1.807) is 18.4 Å². The molecule has 0 aliphatic carbocycles. The van der Waals surface area contributed by atoms with Gasteiger partial charge >= 0.3 is 0 Å². The number of nitrogens with zero attached hydrogens (tertiary/aromatic N) is 3. The molecule has 0 fully saturated rings. The SMILES string of the molecule is CCN(CC)CCn1c2ccc(OC)cc2c2nc(C)sc21.Cl. The molecule has 0 aliphatic rings. The largest absolute Gasteiger partial charge is 0.497 e. The van der Waals surface area contributed by atoms with E-state index in [0.717, 1.165) is 42.5 Å². The Balaban J connectivity index is 0.00000192. The Kier molecular flexibility index (Phi) is 5.89. The molecule has 0 saturated carbocycles. The Morgan fingerprint density at radius 2 is 2.00 bits per heavy atom. The minimum Gasteiger partial charge on any atom is -0.497 e. The number of halogens is 1. The molecule has 2 heterocycles. The highest BCUT2D eigenvalue weighted by molar-refractivity contribution is 7.18. The topological polar surface area (TPSA) is 30.3 Å². The fourth-order valence-corrected chi connectivity index (χ4v) is 3.92. The van der Waals surface area contributed by atoms with E-state index in [9.17, 15) is 0 Å². The normalized spacial score (nSPS) is 11.3. The van der Waals surface area contributed by atoms with Gasteiger partial charge in [-0.25, -0.2) is 4.98 Å². The van der Waals surface area contributed by atoms with Crippen molar-refractivity contribution in [1.82, 2.24) is 14.5 Å². The summed E-state index contributed by atoms with van der Waals surface area (Å²) in [6, 6.07) is 6.29. The molecule has 0 amide bonds. The summed E-state index contributed by atoms with van der Waals surface area (Å²) in [6.07, 6.45) is 0. The third kappa shape index (κ3) is 3.32. The van der Waals surface area contributed by atoms with Crippen molar-refractivity contribution < 1.29 is 4.74 Å². The van der Waals surface area contributed by atoms with Gasteiger partial charge in [-0.1, -0.05) is 13.8 Å². The molecule has 3 rings (SSSR count). The van der Waals surface area contributed by atoms with Gasteiger partial charge in [0.25, 0.3) is 0 Å². The van der Waals surface area contributed by atoms with Crippen LogP contribution in [0.15, 0.2) is 18.2 Å². The van der Waals surface area contributed by atoms with E-state index in [2.05, 4.69) is 42.4 Å². The van der Waals surface area contributed by atoms with Crippen molar-refractivity contribution >= 4 is 45.0 Å². The first-order valence-corrected chi connectivity index (χ1v) is 8.65. The van der Waals surface area contributed by atoms with Crippen LogP contribution in [0, 0.1) is 6.92 Å². The van der Waals surface area contributed by atoms with E-state index in [1.807, 2.05) is 6.07 Å². The lowest BCUT2D eigenvalue weighted by atomic mass is 10.2. The molecular formula is C17H24ClN3OS. The summed E-state index contributed by atoms with van der Waals surface area (Å²) >= 11 is 1.78. The van der Waals surface area contributed by atoms with Crippen LogP contribution < -0.4 is 4.74 Å². The number of rotatable bonds is 6. The molecule has 6 heteroatoms. The van der Waals surface area contributed by atoms with Crippen LogP contribution in [0.1, 0.15) is 18.9 Å². The molecule has 0 saturated heterocycles. The molecule has 0 radical (unpaired) electrons. The number of thiazole rings is 1. The van der Waals surface area contributed by atoms with Crippen LogP contribution in [-0.4, -0.2) is 41.2 Å². The fraction of sp³-hybridized carbons (Fsp3) is 0.471. The van der Waals surface area contributed by atoms with E-state index >= 15 is 0 Å². The molecule has 4 nitrogen and oxygen atoms in total. The molecule has 0 aliphatic heterocycles. The monoisotopic (exact) mass is 353 g/mol. The average Bonchev–Trinajstić information content (AvgIpc) is 3.04. The van der Waals surface area contributed by atoms with Crippen LogP contribution >= 0.6 is 23.7 Å². The highest BCUT2D eigenvalue weighted by Crippen LogP contribution is 2.34. The smallest absolute Gasteiger partial charge is 0.124 e. The highest BCUT2D eigenvalue weighted by atomic mass is 35.5. The summed E-state index contributed by atoms with van der Waals surface area (Å²) < 4.78 is 7.79. The maximum atomic E-state index is 5.38. The van der Waals surface area contributed by atoms with Gasteiger partial charge in [-0.3, -0.25) is 0 Å². The number of hydrogen-bond donors (Lipinski definition) is 0. The molecular weight excluding hydrogens is 330 g/mol. The Morgan fingerprint density at radius 1 is 1.26 bits per heavy atom. The number of ether oxygens (including phenoxy) is 1. The predicted molar refractivity (Wildman–Crippen MR) is 101 cm³/mol. The van der Waals surface area contributed by atoms with Crippen molar-refractivity contribution in [2.24, 2.45) is 0 Å². The second kappa shape index (κ2) is 7.51. The first-order valence-electron chi connectivity index (χ1n) is 7.83. The Hall–Kier alpha value is -1.30. The van der Waals surface area contributed by atoms with E-state index in [4.69, 9.17) is 9.72 Å². The van der Waals surface area contributed by atoms with E-state index in [-0.39, 0.29) is 12.4 Å². The van der Waals surface area contributed by atoms with Gasteiger partial charge in [0.1, 0.15) is 16.1 Å². The summed E-state index contributed by atoms with van der Waals surface area (Å²) in [4.78, 5) is 8.46. The Labute approximate surface area is 147 Å². The maximum Gasteiger partial charge on any atom is 0.124 e. The second-order valence-corrected chi connectivity index (χ2v) is 6.63. The molecule has 2 aromatic heterocycles. The molecule has 1 aromatic carbocycles. The standard InChI is InChI=1S/C17H23N3OS.ClH/c1-5-19(6-2)9-10-20-15-8-7-13(21-4)11-14(15)16-17(20)22-12(3)18-16;/h7-8,11H,5-6,9-10H2,1-4H3;1H. The molecule has 0 spiro atoms. The van der Waals surface area contributed by atoms with Gasteiger partial charge in [0.05, 0.1) is 17.6 Å². The minimum atomic E-state index is 0. The van der Waals surface area contributed by atoms with Crippen molar-refractivity contribution in [3.8, 4) is 5.75 Å². The molecule has 0 bridgehead atoms. The number of aryl methyl sites for hydroxylation is 1. The van der Waals surface area contributed by atoms with Crippen LogP contribution in [0.25, 0.3) is 21.3 Å². The maximum absolute atomic E-state index is 5.38. The van der Waals surface area contributed by atoms with Crippen molar-refractivity contribution in [2.45, 2.75) is 27.3 Å². The van der Waals surface area contributed by atoms with Gasteiger partial charge in [-0.05, 0) is 38.2 Å². The van der Waals surface area contributed by atoms with Crippen molar-refractivity contribution in [3.05, 3.63) is 23.2 Å². The summed E-state index contributed by atoms with van der Waals surface area (Å²) in [5.41, 5.74) is 2.36. The summed E-state index contributed by atoms with van der Waals surface area (Å²) in [5, 5.41) is 2.31. The lowest BCUT2D eigenvalue weighted by Crippen LogP contribution is -2.26. The first kappa shape index (κ1) is 18.0. The van der Waals surface area contributed by atoms with Crippen LogP contribution in [0.3, 0.4) is 0 Å². The third-order valence-corrected chi connectivity index (χ3v) is 5.24. The zero-order valence-corrected chi connectivity index (χ0v) is 15.8. The fourth-order valence-electron chi connectivity index (χ4n) is 2.95. The molecule has 0 atom stereocenters. The zero-order chi connectivity index (χ0) is 15.7. The second-order valence-electron chi connectivity index (χ2n) is 5.45. The molecule has 0 N–H and O–H groups in total. The highest BCUT2D eigenvalue weighted by Gasteiger charge is 2.15. The number of fused-ring (bicyclic) bond motifs is 3. The average molecular weight is 354 g/mol. The molecule has 23 heavy (non-hydrogen) atoms. The van der Waals surface area contributed by atoms with Crippen LogP contribution in [0.5, 0.6) is 5.75 Å². The summed E-state index contributed by atoms with van der Waals surface area (Å²) in [6.45, 7) is 10.8. The van der Waals surface area contributed by atoms with Gasteiger partial charge in [-0.15, -0.1) is 23.7 Å². The van der Waals surface area contributed by atoms with Crippen LogP contribution in [0.4, 0.5) is 0 Å². The number of aromatic nitrogens is 2. The third-order valence-electron chi connectivity index (χ3n) is 4.25. The van der Waals surface area contributed by atoms with Gasteiger partial charge in [0.2, 0.25) is 0 Å². The van der Waals surface area contributed by atoms with Crippen molar-refractivity contribution in [3.63, 3.8) is 0 Å². The van der Waals surface area contributed by atoms with Crippen LogP contribution in [0.2, 0.25) is 0 Å². The number of benzene rings is 1. The minimum absolute atomic E-state index is 0.